The average molecular weight is 422 g/mol. The molecule has 1 fully saturated rings. The molecule has 0 atom stereocenters. The Morgan fingerprint density at radius 2 is 1.71 bits per heavy atom. The van der Waals surface area contributed by atoms with Gasteiger partial charge in [-0.1, -0.05) is 36.2 Å². The van der Waals surface area contributed by atoms with Crippen LogP contribution in [-0.4, -0.2) is 50.5 Å². The maximum absolute atomic E-state index is 6.39. The number of halogens is 2. The number of benzene rings is 1. The van der Waals surface area contributed by atoms with E-state index in [1.54, 1.807) is 0 Å². The molecular weight excluding hydrogens is 397 g/mol. The van der Waals surface area contributed by atoms with Gasteiger partial charge in [0.15, 0.2) is 5.96 Å². The quantitative estimate of drug-likeness (QED) is 0.419. The van der Waals surface area contributed by atoms with Gasteiger partial charge in [0.2, 0.25) is 0 Å². The fraction of sp³-hybridized carbons (Fsp3) is 0.562. The Bertz CT molecular complexity index is 486. The summed E-state index contributed by atoms with van der Waals surface area (Å²) in [5.74, 6) is 1.00. The standard InChI is InChI=1S/C16H24ClN3.HI/c1-19(2)15(20(3)4)18-12-16(10-7-11-16)13-8-5-6-9-14(13)17;/h5-6,8-9H,7,10-12H2,1-4H3;1H. The van der Waals surface area contributed by atoms with Crippen LogP contribution in [0.25, 0.3) is 0 Å². The molecule has 1 aromatic carbocycles. The minimum absolute atomic E-state index is 0. The van der Waals surface area contributed by atoms with Gasteiger partial charge < -0.3 is 9.80 Å². The molecule has 0 spiro atoms. The van der Waals surface area contributed by atoms with Crippen LogP contribution < -0.4 is 0 Å². The van der Waals surface area contributed by atoms with Crippen LogP contribution >= 0.6 is 35.6 Å². The predicted molar refractivity (Wildman–Crippen MR) is 102 cm³/mol. The van der Waals surface area contributed by atoms with Crippen molar-refractivity contribution in [3.63, 3.8) is 0 Å². The lowest BCUT2D eigenvalue weighted by atomic mass is 9.64. The van der Waals surface area contributed by atoms with Crippen molar-refractivity contribution < 1.29 is 0 Å². The molecule has 0 aliphatic heterocycles. The molecule has 21 heavy (non-hydrogen) atoms. The maximum Gasteiger partial charge on any atom is 0.195 e. The zero-order valence-electron chi connectivity index (χ0n) is 13.3. The van der Waals surface area contributed by atoms with Crippen LogP contribution in [0, 0.1) is 0 Å². The van der Waals surface area contributed by atoms with E-state index in [4.69, 9.17) is 16.6 Å². The maximum atomic E-state index is 6.39. The third kappa shape index (κ3) is 4.03. The van der Waals surface area contributed by atoms with E-state index < -0.39 is 0 Å². The molecule has 0 bridgehead atoms. The lowest BCUT2D eigenvalue weighted by molar-refractivity contribution is 0.252. The van der Waals surface area contributed by atoms with Crippen LogP contribution in [0.4, 0.5) is 0 Å². The molecule has 5 heteroatoms. The van der Waals surface area contributed by atoms with E-state index in [2.05, 4.69) is 21.9 Å². The lowest BCUT2D eigenvalue weighted by Gasteiger charge is -2.42. The Labute approximate surface area is 150 Å². The summed E-state index contributed by atoms with van der Waals surface area (Å²) >= 11 is 6.39. The molecule has 1 aromatic rings. The number of hydrogen-bond acceptors (Lipinski definition) is 1. The first-order valence-electron chi connectivity index (χ1n) is 7.10. The molecule has 2 rings (SSSR count). The molecular formula is C16H25ClIN3. The van der Waals surface area contributed by atoms with Gasteiger partial charge >= 0.3 is 0 Å². The highest BCUT2D eigenvalue weighted by Gasteiger charge is 2.40. The summed E-state index contributed by atoms with van der Waals surface area (Å²) in [6.07, 6.45) is 3.61. The smallest absolute Gasteiger partial charge is 0.195 e. The highest BCUT2D eigenvalue weighted by Crippen LogP contribution is 2.46. The van der Waals surface area contributed by atoms with Gasteiger partial charge in [-0.15, -0.1) is 24.0 Å². The fourth-order valence-corrected chi connectivity index (χ4v) is 3.25. The molecule has 3 nitrogen and oxygen atoms in total. The van der Waals surface area contributed by atoms with Gasteiger partial charge in [-0.25, -0.2) is 0 Å². The van der Waals surface area contributed by atoms with E-state index in [9.17, 15) is 0 Å². The van der Waals surface area contributed by atoms with E-state index in [0.29, 0.717) is 0 Å². The second kappa shape index (κ2) is 7.68. The Kier molecular flexibility index (Phi) is 6.78. The Morgan fingerprint density at radius 1 is 1.14 bits per heavy atom. The molecule has 0 saturated heterocycles. The first-order valence-corrected chi connectivity index (χ1v) is 7.48. The second-order valence-corrected chi connectivity index (χ2v) is 6.43. The molecule has 0 N–H and O–H groups in total. The van der Waals surface area contributed by atoms with Crippen molar-refractivity contribution in [2.24, 2.45) is 4.99 Å². The number of rotatable bonds is 3. The van der Waals surface area contributed by atoms with Crippen LogP contribution in [0.3, 0.4) is 0 Å². The lowest BCUT2D eigenvalue weighted by Crippen LogP contribution is -2.41. The summed E-state index contributed by atoms with van der Waals surface area (Å²) in [7, 11) is 8.12. The zero-order valence-corrected chi connectivity index (χ0v) is 16.4. The summed E-state index contributed by atoms with van der Waals surface area (Å²) in [5.41, 5.74) is 1.39. The SMILES string of the molecule is CN(C)C(=NCC1(c2ccccc2Cl)CCC1)N(C)C.I. The molecule has 0 unspecified atom stereocenters. The molecule has 0 aromatic heterocycles. The molecule has 0 radical (unpaired) electrons. The van der Waals surface area contributed by atoms with Gasteiger partial charge in [0.05, 0.1) is 6.54 Å². The third-order valence-electron chi connectivity index (χ3n) is 4.08. The van der Waals surface area contributed by atoms with Crippen molar-refractivity contribution in [1.82, 2.24) is 9.80 Å². The first kappa shape index (κ1) is 18.6. The van der Waals surface area contributed by atoms with Gasteiger partial charge in [-0.2, -0.15) is 0 Å². The van der Waals surface area contributed by atoms with Gasteiger partial charge in [-0.3, -0.25) is 4.99 Å². The number of hydrogen-bond donors (Lipinski definition) is 0. The minimum atomic E-state index is 0. The van der Waals surface area contributed by atoms with E-state index >= 15 is 0 Å². The Morgan fingerprint density at radius 3 is 2.14 bits per heavy atom. The highest BCUT2D eigenvalue weighted by atomic mass is 127. The van der Waals surface area contributed by atoms with Crippen LogP contribution in [0.2, 0.25) is 5.02 Å². The van der Waals surface area contributed by atoms with Crippen LogP contribution in [-0.2, 0) is 5.41 Å². The van der Waals surface area contributed by atoms with Crippen molar-refractivity contribution in [3.8, 4) is 0 Å². The zero-order chi connectivity index (χ0) is 14.8. The van der Waals surface area contributed by atoms with Crippen molar-refractivity contribution in [3.05, 3.63) is 34.9 Å². The van der Waals surface area contributed by atoms with Crippen molar-refractivity contribution in [1.29, 1.82) is 0 Å². The van der Waals surface area contributed by atoms with Crippen molar-refractivity contribution in [2.45, 2.75) is 24.7 Å². The third-order valence-corrected chi connectivity index (χ3v) is 4.41. The number of aliphatic imine (C=N–C) groups is 1. The van der Waals surface area contributed by atoms with Crippen LogP contribution in [0.5, 0.6) is 0 Å². The summed E-state index contributed by atoms with van der Waals surface area (Å²) in [6.45, 7) is 0.808. The summed E-state index contributed by atoms with van der Waals surface area (Å²) in [5, 5.41) is 0.874. The van der Waals surface area contributed by atoms with Crippen molar-refractivity contribution >= 4 is 41.5 Å². The topological polar surface area (TPSA) is 18.8 Å². The molecule has 1 saturated carbocycles. The second-order valence-electron chi connectivity index (χ2n) is 6.02. The van der Waals surface area contributed by atoms with Gasteiger partial charge in [0.25, 0.3) is 0 Å². The number of guanidine groups is 1. The van der Waals surface area contributed by atoms with Crippen molar-refractivity contribution in [2.75, 3.05) is 34.7 Å². The number of nitrogens with zero attached hydrogens (tertiary/aromatic N) is 3. The van der Waals surface area contributed by atoms with Crippen LogP contribution in [0.1, 0.15) is 24.8 Å². The summed E-state index contributed by atoms with van der Waals surface area (Å²) < 4.78 is 0. The fourth-order valence-electron chi connectivity index (χ4n) is 2.91. The minimum Gasteiger partial charge on any atom is -0.349 e. The predicted octanol–water partition coefficient (Wildman–Crippen LogP) is 3.86. The van der Waals surface area contributed by atoms with E-state index in [1.807, 2.05) is 40.3 Å². The molecule has 0 amide bonds. The van der Waals surface area contributed by atoms with Gasteiger partial charge in [0, 0.05) is 38.6 Å². The van der Waals surface area contributed by atoms with E-state index in [-0.39, 0.29) is 29.4 Å². The van der Waals surface area contributed by atoms with E-state index in [0.717, 1.165) is 17.5 Å². The Hall–Kier alpha value is -0.490. The molecule has 118 valence electrons. The summed E-state index contributed by atoms with van der Waals surface area (Å²) in [4.78, 5) is 8.95. The highest BCUT2D eigenvalue weighted by molar-refractivity contribution is 14.0. The molecule has 1 aliphatic rings. The molecule has 0 heterocycles. The summed E-state index contributed by atoms with van der Waals surface area (Å²) in [6, 6.07) is 8.21. The monoisotopic (exact) mass is 421 g/mol. The largest absolute Gasteiger partial charge is 0.349 e. The normalized spacial score (nSPS) is 15.5. The van der Waals surface area contributed by atoms with Gasteiger partial charge in [-0.05, 0) is 24.5 Å². The van der Waals surface area contributed by atoms with E-state index in [1.165, 1.54) is 24.8 Å². The molecule has 1 aliphatic carbocycles. The van der Waals surface area contributed by atoms with Crippen LogP contribution in [0.15, 0.2) is 29.3 Å². The average Bonchev–Trinajstić information content (AvgIpc) is 2.33. The first-order chi connectivity index (χ1) is 9.46. The van der Waals surface area contributed by atoms with Gasteiger partial charge in [0.1, 0.15) is 0 Å². The Balaban J connectivity index is 0.00000220.